The first-order chi connectivity index (χ1) is 14.9. The Morgan fingerprint density at radius 1 is 0.968 bits per heavy atom. The second kappa shape index (κ2) is 8.19. The molecule has 1 amide bonds. The summed E-state index contributed by atoms with van der Waals surface area (Å²) in [5.41, 5.74) is 3.48. The number of benzene rings is 2. The van der Waals surface area contributed by atoms with Gasteiger partial charge in [0.05, 0.1) is 11.6 Å². The summed E-state index contributed by atoms with van der Waals surface area (Å²) < 4.78 is 0. The van der Waals surface area contributed by atoms with Crippen molar-refractivity contribution in [2.24, 2.45) is 0 Å². The number of aliphatic hydroxyl groups is 1. The van der Waals surface area contributed by atoms with E-state index in [0.717, 1.165) is 16.7 Å². The van der Waals surface area contributed by atoms with E-state index < -0.39 is 17.7 Å². The summed E-state index contributed by atoms with van der Waals surface area (Å²) in [6.07, 6.45) is 1.58. The van der Waals surface area contributed by atoms with Crippen molar-refractivity contribution in [3.63, 3.8) is 0 Å². The number of Topliss-reactive ketones (excluding diaryl/α,β-unsaturated/α-hetero) is 1. The zero-order chi connectivity index (χ0) is 22.1. The van der Waals surface area contributed by atoms with Crippen molar-refractivity contribution >= 4 is 23.3 Å². The third kappa shape index (κ3) is 3.75. The molecule has 4 rings (SSSR count). The number of anilines is 1. The molecule has 31 heavy (non-hydrogen) atoms. The smallest absolute Gasteiger partial charge is 0.301 e. The lowest BCUT2D eigenvalue weighted by Gasteiger charge is -2.24. The number of aryl methyl sites for hydroxylation is 1. The fraction of sp³-hybridized carbons (Fsp3) is 0.192. The SMILES string of the molecule is Cc1ccc(/C(O)=C2\C(=O)C(=O)N(c3ccccn3)[C@@H]2c2ccc(C(C)C)cc2)cc1. The van der Waals surface area contributed by atoms with Crippen LogP contribution in [0.3, 0.4) is 0 Å². The molecule has 0 aliphatic carbocycles. The van der Waals surface area contributed by atoms with Crippen LogP contribution in [0, 0.1) is 6.92 Å². The highest BCUT2D eigenvalue weighted by Crippen LogP contribution is 2.41. The molecule has 0 unspecified atom stereocenters. The third-order valence-electron chi connectivity index (χ3n) is 5.58. The highest BCUT2D eigenvalue weighted by Gasteiger charge is 2.47. The van der Waals surface area contributed by atoms with Crippen LogP contribution in [0.15, 0.2) is 78.5 Å². The highest BCUT2D eigenvalue weighted by atomic mass is 16.3. The third-order valence-corrected chi connectivity index (χ3v) is 5.58. The Morgan fingerprint density at radius 2 is 1.65 bits per heavy atom. The number of carbonyl (C=O) groups is 2. The Bertz CT molecular complexity index is 1150. The molecule has 0 saturated carbocycles. The van der Waals surface area contributed by atoms with Crippen LogP contribution in [0.4, 0.5) is 5.82 Å². The van der Waals surface area contributed by atoms with Crippen LogP contribution in [-0.2, 0) is 9.59 Å². The molecule has 1 aliphatic heterocycles. The number of carbonyl (C=O) groups excluding carboxylic acids is 2. The minimum absolute atomic E-state index is 0.0665. The quantitative estimate of drug-likeness (QED) is 0.366. The molecule has 0 spiro atoms. The monoisotopic (exact) mass is 412 g/mol. The van der Waals surface area contributed by atoms with Gasteiger partial charge in [0.1, 0.15) is 11.6 Å². The Balaban J connectivity index is 1.91. The second-order valence-electron chi connectivity index (χ2n) is 8.04. The Hall–Kier alpha value is -3.73. The molecular weight excluding hydrogens is 388 g/mol. The average molecular weight is 412 g/mol. The highest BCUT2D eigenvalue weighted by molar-refractivity contribution is 6.51. The minimum atomic E-state index is -0.766. The normalized spacial score (nSPS) is 18.1. The van der Waals surface area contributed by atoms with Crippen LogP contribution in [0.1, 0.15) is 48.1 Å². The summed E-state index contributed by atoms with van der Waals surface area (Å²) in [5, 5.41) is 11.1. The first-order valence-corrected chi connectivity index (χ1v) is 10.3. The van der Waals surface area contributed by atoms with Crippen molar-refractivity contribution in [1.29, 1.82) is 0 Å². The second-order valence-corrected chi connectivity index (χ2v) is 8.04. The van der Waals surface area contributed by atoms with E-state index in [1.807, 2.05) is 43.3 Å². The maximum Gasteiger partial charge on any atom is 0.301 e. The van der Waals surface area contributed by atoms with Gasteiger partial charge in [0, 0.05) is 11.8 Å². The molecule has 1 saturated heterocycles. The number of aliphatic hydroxyl groups excluding tert-OH is 1. The van der Waals surface area contributed by atoms with Gasteiger partial charge in [-0.15, -0.1) is 0 Å². The molecule has 0 radical (unpaired) electrons. The Morgan fingerprint density at radius 3 is 2.23 bits per heavy atom. The average Bonchev–Trinajstić information content (AvgIpc) is 3.05. The Kier molecular flexibility index (Phi) is 5.42. The lowest BCUT2D eigenvalue weighted by Crippen LogP contribution is -2.30. The molecule has 1 N–H and O–H groups in total. The summed E-state index contributed by atoms with van der Waals surface area (Å²) in [6.45, 7) is 6.15. The number of rotatable bonds is 4. The van der Waals surface area contributed by atoms with Crippen LogP contribution in [-0.4, -0.2) is 21.8 Å². The molecular formula is C26H24N2O3. The molecule has 2 aromatic carbocycles. The number of hydrogen-bond donors (Lipinski definition) is 1. The van der Waals surface area contributed by atoms with Gasteiger partial charge in [0.15, 0.2) is 0 Å². The fourth-order valence-electron chi connectivity index (χ4n) is 3.81. The zero-order valence-electron chi connectivity index (χ0n) is 17.7. The first kappa shape index (κ1) is 20.5. The lowest BCUT2D eigenvalue weighted by atomic mass is 9.93. The van der Waals surface area contributed by atoms with Gasteiger partial charge in [-0.2, -0.15) is 0 Å². The minimum Gasteiger partial charge on any atom is -0.507 e. The summed E-state index contributed by atoms with van der Waals surface area (Å²) in [4.78, 5) is 31.8. The standard InChI is InChI=1S/C26H24N2O3/c1-16(2)18-11-13-19(14-12-18)23-22(24(29)20-9-7-17(3)8-10-20)25(30)26(31)28(23)21-6-4-5-15-27-21/h4-16,23,29H,1-3H3/b24-22+/t23-/m1/s1. The van der Waals surface area contributed by atoms with Crippen LogP contribution < -0.4 is 4.90 Å². The first-order valence-electron chi connectivity index (χ1n) is 10.3. The number of pyridine rings is 1. The van der Waals surface area contributed by atoms with Crippen LogP contribution >= 0.6 is 0 Å². The summed E-state index contributed by atoms with van der Waals surface area (Å²) >= 11 is 0. The van der Waals surface area contributed by atoms with Crippen molar-refractivity contribution in [1.82, 2.24) is 4.98 Å². The van der Waals surface area contributed by atoms with Crippen molar-refractivity contribution in [2.45, 2.75) is 32.7 Å². The van der Waals surface area contributed by atoms with Crippen LogP contribution in [0.5, 0.6) is 0 Å². The summed E-state index contributed by atoms with van der Waals surface area (Å²) in [5.74, 6) is -0.893. The van der Waals surface area contributed by atoms with Crippen LogP contribution in [0.2, 0.25) is 0 Å². The van der Waals surface area contributed by atoms with E-state index >= 15 is 0 Å². The van der Waals surface area contributed by atoms with Gasteiger partial charge in [-0.25, -0.2) is 4.98 Å². The number of nitrogens with zero attached hydrogens (tertiary/aromatic N) is 2. The molecule has 5 heteroatoms. The van der Waals surface area contributed by atoms with E-state index in [1.165, 1.54) is 4.90 Å². The number of hydrogen-bond acceptors (Lipinski definition) is 4. The maximum absolute atomic E-state index is 13.1. The molecule has 156 valence electrons. The predicted octanol–water partition coefficient (Wildman–Crippen LogP) is 5.14. The summed E-state index contributed by atoms with van der Waals surface area (Å²) in [6, 6.07) is 19.4. The van der Waals surface area contributed by atoms with Gasteiger partial charge >= 0.3 is 5.91 Å². The van der Waals surface area contributed by atoms with Crippen molar-refractivity contribution < 1.29 is 14.7 Å². The van der Waals surface area contributed by atoms with E-state index in [-0.39, 0.29) is 11.3 Å². The number of ketones is 1. The molecule has 1 fully saturated rings. The molecule has 1 aromatic heterocycles. The van der Waals surface area contributed by atoms with Gasteiger partial charge in [0.2, 0.25) is 0 Å². The van der Waals surface area contributed by atoms with Crippen LogP contribution in [0.25, 0.3) is 5.76 Å². The van der Waals surface area contributed by atoms with Gasteiger partial charge in [-0.1, -0.05) is 74.0 Å². The number of aromatic nitrogens is 1. The van der Waals surface area contributed by atoms with Crippen molar-refractivity contribution in [2.75, 3.05) is 4.90 Å². The summed E-state index contributed by atoms with van der Waals surface area (Å²) in [7, 11) is 0. The van der Waals surface area contributed by atoms with E-state index in [1.54, 1.807) is 36.5 Å². The predicted molar refractivity (Wildman–Crippen MR) is 121 cm³/mol. The molecule has 5 nitrogen and oxygen atoms in total. The largest absolute Gasteiger partial charge is 0.507 e. The van der Waals surface area contributed by atoms with Gasteiger partial charge in [-0.3, -0.25) is 14.5 Å². The topological polar surface area (TPSA) is 70.5 Å². The van der Waals surface area contributed by atoms with E-state index in [4.69, 9.17) is 0 Å². The maximum atomic E-state index is 13.1. The van der Waals surface area contributed by atoms with Gasteiger partial charge < -0.3 is 5.11 Å². The van der Waals surface area contributed by atoms with Crippen molar-refractivity contribution in [3.05, 3.63) is 101 Å². The Labute approximate surface area is 181 Å². The van der Waals surface area contributed by atoms with Gasteiger partial charge in [-0.05, 0) is 36.1 Å². The lowest BCUT2D eigenvalue weighted by molar-refractivity contribution is -0.132. The van der Waals surface area contributed by atoms with Gasteiger partial charge in [0.25, 0.3) is 5.78 Å². The van der Waals surface area contributed by atoms with E-state index in [9.17, 15) is 14.7 Å². The molecule has 0 bridgehead atoms. The fourth-order valence-corrected chi connectivity index (χ4v) is 3.81. The van der Waals surface area contributed by atoms with E-state index in [0.29, 0.717) is 17.3 Å². The van der Waals surface area contributed by atoms with E-state index in [2.05, 4.69) is 18.8 Å². The molecule has 1 atom stereocenters. The molecule has 3 aromatic rings. The van der Waals surface area contributed by atoms with Crippen molar-refractivity contribution in [3.8, 4) is 0 Å². The molecule has 1 aliphatic rings. The number of amides is 1. The zero-order valence-corrected chi connectivity index (χ0v) is 17.7. The molecule has 2 heterocycles.